The van der Waals surface area contributed by atoms with E-state index in [-0.39, 0.29) is 5.56 Å². The predicted molar refractivity (Wildman–Crippen MR) is 64.6 cm³/mol. The zero-order chi connectivity index (χ0) is 12.4. The Morgan fingerprint density at radius 2 is 1.59 bits per heavy atom. The van der Waals surface area contributed by atoms with Crippen LogP contribution in [0.3, 0.4) is 0 Å². The maximum absolute atomic E-state index is 13.0. The summed E-state index contributed by atoms with van der Waals surface area (Å²) in [6.07, 6.45) is -1.06. The maximum Gasteiger partial charge on any atom is 0.126 e. The second-order valence-electron chi connectivity index (χ2n) is 3.63. The van der Waals surface area contributed by atoms with Crippen LogP contribution in [0.15, 0.2) is 46.9 Å². The van der Waals surface area contributed by atoms with Gasteiger partial charge in [0.25, 0.3) is 0 Å². The van der Waals surface area contributed by atoms with Crippen LogP contribution < -0.4 is 0 Å². The molecule has 0 aliphatic heterocycles. The van der Waals surface area contributed by atoms with Gasteiger partial charge in [-0.2, -0.15) is 0 Å². The second-order valence-corrected chi connectivity index (χ2v) is 4.48. The minimum Gasteiger partial charge on any atom is -0.384 e. The van der Waals surface area contributed by atoms with Crippen molar-refractivity contribution in [3.63, 3.8) is 0 Å². The maximum atomic E-state index is 13.0. The Hall–Kier alpha value is -1.26. The molecule has 1 atom stereocenters. The quantitative estimate of drug-likeness (QED) is 0.894. The van der Waals surface area contributed by atoms with Gasteiger partial charge < -0.3 is 5.11 Å². The third-order valence-electron chi connectivity index (χ3n) is 2.40. The lowest BCUT2D eigenvalue weighted by atomic mass is 10.0. The lowest BCUT2D eigenvalue weighted by Crippen LogP contribution is -2.01. The van der Waals surface area contributed by atoms with Crippen molar-refractivity contribution in [2.75, 3.05) is 0 Å². The summed E-state index contributed by atoms with van der Waals surface area (Å²) in [6.45, 7) is 0. The van der Waals surface area contributed by atoms with Gasteiger partial charge in [0.15, 0.2) is 0 Å². The number of aliphatic hydroxyl groups is 1. The van der Waals surface area contributed by atoms with Crippen LogP contribution in [0.25, 0.3) is 0 Å². The molecule has 0 spiro atoms. The van der Waals surface area contributed by atoms with Crippen molar-refractivity contribution in [3.05, 3.63) is 69.7 Å². The summed E-state index contributed by atoms with van der Waals surface area (Å²) in [5.74, 6) is -1.41. The van der Waals surface area contributed by atoms with Gasteiger partial charge in [-0.1, -0.05) is 34.1 Å². The molecule has 1 nitrogen and oxygen atoms in total. The average molecular weight is 299 g/mol. The fourth-order valence-electron chi connectivity index (χ4n) is 1.61. The molecular formula is C13H9BrF2O. The predicted octanol–water partition coefficient (Wildman–Crippen LogP) is 3.81. The van der Waals surface area contributed by atoms with E-state index in [2.05, 4.69) is 15.9 Å². The molecule has 0 saturated heterocycles. The molecule has 0 fully saturated rings. The van der Waals surface area contributed by atoms with Crippen molar-refractivity contribution in [2.45, 2.75) is 6.10 Å². The fraction of sp³-hybridized carbons (Fsp3) is 0.0769. The smallest absolute Gasteiger partial charge is 0.126 e. The zero-order valence-corrected chi connectivity index (χ0v) is 10.3. The van der Waals surface area contributed by atoms with E-state index in [0.29, 0.717) is 10.0 Å². The molecule has 88 valence electrons. The molecule has 0 aliphatic rings. The molecule has 4 heteroatoms. The van der Waals surface area contributed by atoms with Crippen LogP contribution in [0.4, 0.5) is 8.78 Å². The van der Waals surface area contributed by atoms with Gasteiger partial charge in [0.1, 0.15) is 17.7 Å². The van der Waals surface area contributed by atoms with Crippen molar-refractivity contribution < 1.29 is 13.9 Å². The summed E-state index contributed by atoms with van der Waals surface area (Å²) in [5.41, 5.74) is 0.756. The Balaban J connectivity index is 2.43. The van der Waals surface area contributed by atoms with Crippen LogP contribution in [0.2, 0.25) is 0 Å². The SMILES string of the molecule is O[C@@H](c1cc(F)cc(F)c1)c1ccccc1Br. The number of hydrogen-bond donors (Lipinski definition) is 1. The van der Waals surface area contributed by atoms with Gasteiger partial charge >= 0.3 is 0 Å². The first kappa shape index (κ1) is 12.2. The first-order valence-corrected chi connectivity index (χ1v) is 5.75. The lowest BCUT2D eigenvalue weighted by molar-refractivity contribution is 0.218. The largest absolute Gasteiger partial charge is 0.384 e. The summed E-state index contributed by atoms with van der Waals surface area (Å²) >= 11 is 3.28. The average Bonchev–Trinajstić information content (AvgIpc) is 2.27. The summed E-state index contributed by atoms with van der Waals surface area (Å²) in [6, 6.07) is 10.0. The molecule has 0 amide bonds. The number of halogens is 3. The highest BCUT2D eigenvalue weighted by Gasteiger charge is 2.14. The number of hydrogen-bond acceptors (Lipinski definition) is 1. The van der Waals surface area contributed by atoms with Gasteiger partial charge in [0, 0.05) is 10.5 Å². The Kier molecular flexibility index (Phi) is 3.54. The van der Waals surface area contributed by atoms with E-state index in [1.165, 1.54) is 0 Å². The van der Waals surface area contributed by atoms with E-state index in [4.69, 9.17) is 0 Å². The molecular weight excluding hydrogens is 290 g/mol. The molecule has 0 saturated carbocycles. The van der Waals surface area contributed by atoms with Crippen molar-refractivity contribution >= 4 is 15.9 Å². The highest BCUT2D eigenvalue weighted by molar-refractivity contribution is 9.10. The molecule has 0 aromatic heterocycles. The van der Waals surface area contributed by atoms with E-state index in [1.807, 2.05) is 0 Å². The normalized spacial score (nSPS) is 12.5. The molecule has 0 bridgehead atoms. The van der Waals surface area contributed by atoms with Gasteiger partial charge in [-0.05, 0) is 29.3 Å². The van der Waals surface area contributed by atoms with Gasteiger partial charge in [-0.3, -0.25) is 0 Å². The molecule has 0 aliphatic carbocycles. The van der Waals surface area contributed by atoms with Gasteiger partial charge in [-0.25, -0.2) is 8.78 Å². The molecule has 0 unspecified atom stereocenters. The van der Waals surface area contributed by atoms with E-state index in [1.54, 1.807) is 24.3 Å². The van der Waals surface area contributed by atoms with Crippen LogP contribution in [0.1, 0.15) is 17.2 Å². The molecule has 2 rings (SSSR count). The molecule has 17 heavy (non-hydrogen) atoms. The third kappa shape index (κ3) is 2.70. The van der Waals surface area contributed by atoms with Crippen molar-refractivity contribution in [1.82, 2.24) is 0 Å². The van der Waals surface area contributed by atoms with E-state index < -0.39 is 17.7 Å². The monoisotopic (exact) mass is 298 g/mol. The minimum atomic E-state index is -1.06. The fourth-order valence-corrected chi connectivity index (χ4v) is 2.11. The standard InChI is InChI=1S/C13H9BrF2O/c14-12-4-2-1-3-11(12)13(17)8-5-9(15)7-10(16)6-8/h1-7,13,17H/t13-/m0/s1. The molecule has 2 aromatic rings. The highest BCUT2D eigenvalue weighted by atomic mass is 79.9. The van der Waals surface area contributed by atoms with Gasteiger partial charge in [0.05, 0.1) is 0 Å². The number of benzene rings is 2. The van der Waals surface area contributed by atoms with Crippen LogP contribution in [-0.2, 0) is 0 Å². The third-order valence-corrected chi connectivity index (χ3v) is 3.12. The lowest BCUT2D eigenvalue weighted by Gasteiger charge is -2.13. The Labute approximate surface area is 106 Å². The van der Waals surface area contributed by atoms with Gasteiger partial charge in [-0.15, -0.1) is 0 Å². The first-order valence-electron chi connectivity index (χ1n) is 4.96. The molecule has 1 N–H and O–H groups in total. The molecule has 2 aromatic carbocycles. The second kappa shape index (κ2) is 4.94. The van der Waals surface area contributed by atoms with Crippen LogP contribution in [-0.4, -0.2) is 5.11 Å². The Bertz CT molecular complexity index is 522. The first-order chi connectivity index (χ1) is 8.08. The summed E-state index contributed by atoms with van der Waals surface area (Å²) in [7, 11) is 0. The number of rotatable bonds is 2. The van der Waals surface area contributed by atoms with E-state index in [9.17, 15) is 13.9 Å². The summed E-state index contributed by atoms with van der Waals surface area (Å²) in [5, 5.41) is 10.1. The van der Waals surface area contributed by atoms with Crippen molar-refractivity contribution in [3.8, 4) is 0 Å². The van der Waals surface area contributed by atoms with Crippen LogP contribution in [0.5, 0.6) is 0 Å². The Morgan fingerprint density at radius 3 is 2.18 bits per heavy atom. The van der Waals surface area contributed by atoms with E-state index >= 15 is 0 Å². The summed E-state index contributed by atoms with van der Waals surface area (Å²) in [4.78, 5) is 0. The van der Waals surface area contributed by atoms with Crippen molar-refractivity contribution in [1.29, 1.82) is 0 Å². The zero-order valence-electron chi connectivity index (χ0n) is 8.70. The molecule has 0 radical (unpaired) electrons. The topological polar surface area (TPSA) is 20.2 Å². The minimum absolute atomic E-state index is 0.189. The molecule has 0 heterocycles. The van der Waals surface area contributed by atoms with Gasteiger partial charge in [0.2, 0.25) is 0 Å². The van der Waals surface area contributed by atoms with E-state index in [0.717, 1.165) is 18.2 Å². The summed E-state index contributed by atoms with van der Waals surface area (Å²) < 4.78 is 26.8. The van der Waals surface area contributed by atoms with Crippen LogP contribution in [0, 0.1) is 11.6 Å². The van der Waals surface area contributed by atoms with Crippen LogP contribution >= 0.6 is 15.9 Å². The highest BCUT2D eigenvalue weighted by Crippen LogP contribution is 2.28. The number of aliphatic hydroxyl groups excluding tert-OH is 1. The van der Waals surface area contributed by atoms with Crippen molar-refractivity contribution in [2.24, 2.45) is 0 Å². The Morgan fingerprint density at radius 1 is 1.00 bits per heavy atom.